The fourth-order valence-corrected chi connectivity index (χ4v) is 14.9. The molecular formula is C48H76O17. The van der Waals surface area contributed by atoms with Crippen LogP contribution in [0.2, 0.25) is 0 Å². The Morgan fingerprint density at radius 3 is 2.05 bits per heavy atom. The molecule has 8 rings (SSSR count). The van der Waals surface area contributed by atoms with E-state index >= 15 is 0 Å². The number of carboxylic acids is 1. The van der Waals surface area contributed by atoms with Crippen LogP contribution in [0.15, 0.2) is 11.6 Å². The standard InChI is InChI=1S/C48H76O17/c1-23-32(53)37(64-39-34(55)36(62-24(2)50)28(52)21-59-39)35(56)40(61-23)65-38-33(54)27(51)20-60-41(38)63-31-12-13-44(5)29(45(31,6)22-49)11-14-47(8)30(44)10-9-25-26-19-43(3,4)15-17-48(26,42(57)58)18-16-46(25,47)7/h9,23,26-41,49,51-56H,10-22H2,1-8H3,(H,57,58)/t23-,26-,27-,28+,29+,30+,31-,32-,33-,34+,35+,36-,37+,38+,39-,40-,41-,44-,45-,46+,47+,48-/m0/s1. The summed E-state index contributed by atoms with van der Waals surface area (Å²) in [6, 6.07) is 0. The van der Waals surface area contributed by atoms with E-state index in [-0.39, 0.29) is 59.2 Å². The van der Waals surface area contributed by atoms with Gasteiger partial charge in [0.1, 0.15) is 48.8 Å². The highest BCUT2D eigenvalue weighted by Crippen LogP contribution is 2.76. The van der Waals surface area contributed by atoms with Crippen molar-refractivity contribution in [3.05, 3.63) is 11.6 Å². The number of aliphatic carboxylic acids is 1. The lowest BCUT2D eigenvalue weighted by atomic mass is 9.33. The average molecular weight is 925 g/mol. The highest BCUT2D eigenvalue weighted by Gasteiger charge is 2.70. The van der Waals surface area contributed by atoms with E-state index in [0.717, 1.165) is 51.9 Å². The first-order valence-corrected chi connectivity index (χ1v) is 24.0. The molecule has 0 aromatic heterocycles. The maximum absolute atomic E-state index is 13.1. The Kier molecular flexibility index (Phi) is 13.4. The van der Waals surface area contributed by atoms with Gasteiger partial charge in [-0.3, -0.25) is 9.59 Å². The van der Waals surface area contributed by atoms with E-state index in [1.165, 1.54) is 12.5 Å². The summed E-state index contributed by atoms with van der Waals surface area (Å²) in [6.07, 6.45) is -9.35. The van der Waals surface area contributed by atoms with Crippen LogP contribution in [0.5, 0.6) is 0 Å². The monoisotopic (exact) mass is 925 g/mol. The number of fused-ring (bicyclic) bond motifs is 7. The van der Waals surface area contributed by atoms with Gasteiger partial charge in [-0.15, -0.1) is 0 Å². The van der Waals surface area contributed by atoms with Crippen LogP contribution in [0.4, 0.5) is 0 Å². The zero-order valence-electron chi connectivity index (χ0n) is 39.3. The number of aliphatic hydroxyl groups is 7. The van der Waals surface area contributed by atoms with Gasteiger partial charge in [0.05, 0.1) is 37.4 Å². The summed E-state index contributed by atoms with van der Waals surface area (Å²) < 4.78 is 41.4. The second kappa shape index (κ2) is 17.5. The van der Waals surface area contributed by atoms with Gasteiger partial charge in [-0.2, -0.15) is 0 Å². The minimum atomic E-state index is -1.76. The van der Waals surface area contributed by atoms with Crippen molar-refractivity contribution >= 4 is 11.9 Å². The van der Waals surface area contributed by atoms with Gasteiger partial charge >= 0.3 is 11.9 Å². The lowest BCUT2D eigenvalue weighted by molar-refractivity contribution is -0.379. The highest BCUT2D eigenvalue weighted by molar-refractivity contribution is 5.76. The fraction of sp³-hybridized carbons (Fsp3) is 0.917. The topological polar surface area (TPSA) is 261 Å². The summed E-state index contributed by atoms with van der Waals surface area (Å²) in [5, 5.41) is 88.4. The van der Waals surface area contributed by atoms with Crippen molar-refractivity contribution in [2.24, 2.45) is 50.2 Å². The van der Waals surface area contributed by atoms with Crippen molar-refractivity contribution in [2.75, 3.05) is 19.8 Å². The van der Waals surface area contributed by atoms with E-state index in [0.29, 0.717) is 19.3 Å². The number of hydrogen-bond donors (Lipinski definition) is 8. The molecule has 3 heterocycles. The zero-order valence-corrected chi connectivity index (χ0v) is 39.3. The Bertz CT molecular complexity index is 1810. The highest BCUT2D eigenvalue weighted by atomic mass is 16.8. The molecule has 5 aliphatic carbocycles. The van der Waals surface area contributed by atoms with Crippen molar-refractivity contribution in [3.63, 3.8) is 0 Å². The van der Waals surface area contributed by atoms with E-state index in [9.17, 15) is 50.4 Å². The number of hydrogen-bond acceptors (Lipinski definition) is 16. The maximum atomic E-state index is 13.1. The lowest BCUT2D eigenvalue weighted by Gasteiger charge is -2.71. The summed E-state index contributed by atoms with van der Waals surface area (Å²) in [7, 11) is 0. The van der Waals surface area contributed by atoms with E-state index in [1.54, 1.807) is 0 Å². The number of carbonyl (C=O) groups is 2. The molecule has 370 valence electrons. The lowest BCUT2D eigenvalue weighted by Crippen LogP contribution is -2.67. The van der Waals surface area contributed by atoms with Gasteiger partial charge in [0.15, 0.2) is 25.0 Å². The van der Waals surface area contributed by atoms with Crippen LogP contribution in [-0.2, 0) is 42.7 Å². The molecule has 17 nitrogen and oxygen atoms in total. The van der Waals surface area contributed by atoms with Crippen molar-refractivity contribution in [1.29, 1.82) is 0 Å². The molecule has 17 heteroatoms. The molecule has 0 unspecified atom stereocenters. The molecule has 65 heavy (non-hydrogen) atoms. The summed E-state index contributed by atoms with van der Waals surface area (Å²) in [6.45, 7) is 15.6. The molecule has 0 spiro atoms. The number of carboxylic acid groups (broad SMARTS) is 1. The van der Waals surface area contributed by atoms with Crippen molar-refractivity contribution in [2.45, 2.75) is 206 Å². The van der Waals surface area contributed by atoms with Crippen LogP contribution < -0.4 is 0 Å². The van der Waals surface area contributed by atoms with Crippen molar-refractivity contribution in [3.8, 4) is 0 Å². The van der Waals surface area contributed by atoms with Gasteiger partial charge in [-0.25, -0.2) is 0 Å². The van der Waals surface area contributed by atoms with E-state index in [1.807, 2.05) is 0 Å². The molecule has 0 aromatic carbocycles. The van der Waals surface area contributed by atoms with Gasteiger partial charge in [0.2, 0.25) is 0 Å². The minimum absolute atomic E-state index is 0.000687. The number of ether oxygens (including phenoxy) is 7. The van der Waals surface area contributed by atoms with E-state index < -0.39 is 109 Å². The van der Waals surface area contributed by atoms with Gasteiger partial charge in [-0.1, -0.05) is 53.2 Å². The third-order valence-electron chi connectivity index (χ3n) is 19.0. The van der Waals surface area contributed by atoms with E-state index in [2.05, 4.69) is 47.6 Å². The number of rotatable bonds is 9. The minimum Gasteiger partial charge on any atom is -0.481 e. The van der Waals surface area contributed by atoms with Crippen LogP contribution in [0, 0.1) is 50.2 Å². The first-order chi connectivity index (χ1) is 30.4. The number of aliphatic hydroxyl groups excluding tert-OH is 7. The largest absolute Gasteiger partial charge is 0.481 e. The van der Waals surface area contributed by atoms with Crippen LogP contribution in [0.1, 0.15) is 120 Å². The third kappa shape index (κ3) is 7.96. The smallest absolute Gasteiger partial charge is 0.310 e. The SMILES string of the molecule is CC(=O)O[C@@H]1[C@@H](O)[C@H](O[C@@H]2[C@@H](O)[C@H](C)O[C@@H](O[C@H]3[C@H](O[C@H]4CC[C@@]5(C)[C@@H](CC[C@]6(C)[C@@H]5CC=C5[C@@H]7CC(C)(C)CC[C@]7(C(=O)O)CC[C@]56C)[C@]4(C)CO)OC[C@H](O)[C@@H]3O)[C@@H]2O)OC[C@H]1O. The Morgan fingerprint density at radius 1 is 0.723 bits per heavy atom. The molecule has 0 radical (unpaired) electrons. The summed E-state index contributed by atoms with van der Waals surface area (Å²) in [5.41, 5.74) is -0.583. The van der Waals surface area contributed by atoms with Gasteiger partial charge in [0, 0.05) is 12.3 Å². The number of allylic oxidation sites excluding steroid dienone is 2. The second-order valence-corrected chi connectivity index (χ2v) is 23.0. The van der Waals surface area contributed by atoms with Gasteiger partial charge < -0.3 is 74.0 Å². The Labute approximate surface area is 382 Å². The Hall–Kier alpha value is -1.84. The molecule has 3 saturated heterocycles. The zero-order chi connectivity index (χ0) is 47.4. The van der Waals surface area contributed by atoms with Crippen molar-refractivity contribution < 1.29 is 83.6 Å². The molecule has 22 atom stereocenters. The summed E-state index contributed by atoms with van der Waals surface area (Å²) >= 11 is 0. The molecule has 0 aromatic rings. The van der Waals surface area contributed by atoms with Gasteiger partial charge in [-0.05, 0) is 111 Å². The molecule has 4 saturated carbocycles. The molecule has 7 fully saturated rings. The first kappa shape index (κ1) is 49.6. The van der Waals surface area contributed by atoms with Crippen LogP contribution in [-0.4, -0.2) is 159 Å². The summed E-state index contributed by atoms with van der Waals surface area (Å²) in [5.74, 6) is -1.13. The molecule has 0 amide bonds. The summed E-state index contributed by atoms with van der Waals surface area (Å²) in [4.78, 5) is 24.8. The molecular weight excluding hydrogens is 849 g/mol. The van der Waals surface area contributed by atoms with Crippen molar-refractivity contribution in [1.82, 2.24) is 0 Å². The Balaban J connectivity index is 1.01. The van der Waals surface area contributed by atoms with Crippen LogP contribution >= 0.6 is 0 Å². The number of carbonyl (C=O) groups excluding carboxylic acids is 1. The van der Waals surface area contributed by atoms with Gasteiger partial charge in [0.25, 0.3) is 0 Å². The molecule has 3 aliphatic heterocycles. The predicted octanol–water partition coefficient (Wildman–Crippen LogP) is 2.56. The fourth-order valence-electron chi connectivity index (χ4n) is 14.9. The predicted molar refractivity (Wildman–Crippen MR) is 228 cm³/mol. The Morgan fingerprint density at radius 2 is 1.37 bits per heavy atom. The quantitative estimate of drug-likeness (QED) is 0.0939. The third-order valence-corrected chi connectivity index (χ3v) is 19.0. The first-order valence-electron chi connectivity index (χ1n) is 24.0. The molecule has 8 aliphatic rings. The number of esters is 1. The maximum Gasteiger partial charge on any atom is 0.310 e. The molecule has 8 N–H and O–H groups in total. The van der Waals surface area contributed by atoms with Crippen LogP contribution in [0.25, 0.3) is 0 Å². The van der Waals surface area contributed by atoms with Crippen LogP contribution in [0.3, 0.4) is 0 Å². The molecule has 0 bridgehead atoms. The normalized spacial score (nSPS) is 53.0. The average Bonchev–Trinajstić information content (AvgIpc) is 3.24. The second-order valence-electron chi connectivity index (χ2n) is 23.0. The van der Waals surface area contributed by atoms with E-state index in [4.69, 9.17) is 33.2 Å².